The number of anilines is 1. The van der Waals surface area contributed by atoms with Gasteiger partial charge in [-0.15, -0.1) is 11.8 Å². The molecule has 130 valence electrons. The standard InChI is InChI=1S/C20H22N2O2S/c23-20(21-17-9-14-25-19-8-4-2-5-15(17)19)16-6-1-3-7-18(16)22-10-12-24-13-11-22/h1-8,17H,9-14H2,(H,21,23)/t17-/m0/s1. The van der Waals surface area contributed by atoms with Crippen LogP contribution < -0.4 is 10.2 Å². The number of fused-ring (bicyclic) bond motifs is 1. The van der Waals surface area contributed by atoms with Gasteiger partial charge in [-0.05, 0) is 30.2 Å². The van der Waals surface area contributed by atoms with E-state index in [0.29, 0.717) is 13.2 Å². The van der Waals surface area contributed by atoms with E-state index in [9.17, 15) is 4.79 Å². The van der Waals surface area contributed by atoms with Crippen molar-refractivity contribution in [2.45, 2.75) is 17.4 Å². The number of amides is 1. The fraction of sp³-hybridized carbons (Fsp3) is 0.350. The van der Waals surface area contributed by atoms with E-state index < -0.39 is 0 Å². The van der Waals surface area contributed by atoms with Gasteiger partial charge in [-0.25, -0.2) is 0 Å². The lowest BCUT2D eigenvalue weighted by Gasteiger charge is -2.31. The minimum Gasteiger partial charge on any atom is -0.378 e. The van der Waals surface area contributed by atoms with Gasteiger partial charge in [0.15, 0.2) is 0 Å². The van der Waals surface area contributed by atoms with Crippen LogP contribution in [0.2, 0.25) is 0 Å². The number of carbonyl (C=O) groups excluding carboxylic acids is 1. The van der Waals surface area contributed by atoms with E-state index in [1.165, 1.54) is 10.5 Å². The van der Waals surface area contributed by atoms with Crippen molar-refractivity contribution in [2.24, 2.45) is 0 Å². The summed E-state index contributed by atoms with van der Waals surface area (Å²) in [6.45, 7) is 3.08. The molecule has 0 spiro atoms. The van der Waals surface area contributed by atoms with Crippen LogP contribution in [0, 0.1) is 0 Å². The molecule has 25 heavy (non-hydrogen) atoms. The summed E-state index contributed by atoms with van der Waals surface area (Å²) in [5.41, 5.74) is 2.98. The smallest absolute Gasteiger partial charge is 0.253 e. The van der Waals surface area contributed by atoms with Gasteiger partial charge >= 0.3 is 0 Å². The van der Waals surface area contributed by atoms with Crippen LogP contribution in [0.1, 0.15) is 28.4 Å². The Kier molecular flexibility index (Phi) is 4.95. The summed E-state index contributed by atoms with van der Waals surface area (Å²) in [6.07, 6.45) is 0.965. The van der Waals surface area contributed by atoms with Crippen molar-refractivity contribution in [2.75, 3.05) is 37.0 Å². The Morgan fingerprint density at radius 3 is 2.72 bits per heavy atom. The van der Waals surface area contributed by atoms with Crippen molar-refractivity contribution in [3.8, 4) is 0 Å². The number of benzene rings is 2. The molecule has 5 heteroatoms. The maximum Gasteiger partial charge on any atom is 0.253 e. The number of morpholine rings is 1. The molecule has 1 fully saturated rings. The Morgan fingerprint density at radius 1 is 1.08 bits per heavy atom. The number of ether oxygens (including phenoxy) is 1. The van der Waals surface area contributed by atoms with Crippen LogP contribution in [0.4, 0.5) is 5.69 Å². The van der Waals surface area contributed by atoms with Crippen LogP contribution in [0.25, 0.3) is 0 Å². The topological polar surface area (TPSA) is 41.6 Å². The highest BCUT2D eigenvalue weighted by Crippen LogP contribution is 2.36. The van der Waals surface area contributed by atoms with Gasteiger partial charge < -0.3 is 15.0 Å². The summed E-state index contributed by atoms with van der Waals surface area (Å²) in [4.78, 5) is 16.5. The molecule has 0 radical (unpaired) electrons. The molecule has 1 amide bonds. The lowest BCUT2D eigenvalue weighted by atomic mass is 10.0. The molecule has 0 saturated carbocycles. The minimum absolute atomic E-state index is 0.00814. The number of nitrogens with zero attached hydrogens (tertiary/aromatic N) is 1. The third-order valence-electron chi connectivity index (χ3n) is 4.76. The second-order valence-corrected chi connectivity index (χ2v) is 7.45. The predicted molar refractivity (Wildman–Crippen MR) is 101 cm³/mol. The number of hydrogen-bond donors (Lipinski definition) is 1. The van der Waals surface area contributed by atoms with Gasteiger partial charge in [-0.2, -0.15) is 0 Å². The second kappa shape index (κ2) is 7.50. The van der Waals surface area contributed by atoms with Gasteiger partial charge in [-0.1, -0.05) is 30.3 Å². The van der Waals surface area contributed by atoms with Crippen molar-refractivity contribution in [1.82, 2.24) is 5.32 Å². The molecule has 2 heterocycles. The van der Waals surface area contributed by atoms with Crippen LogP contribution in [-0.2, 0) is 4.74 Å². The average molecular weight is 354 g/mol. The normalized spacial score (nSPS) is 20.0. The van der Waals surface area contributed by atoms with Crippen LogP contribution >= 0.6 is 11.8 Å². The minimum atomic E-state index is 0.00814. The van der Waals surface area contributed by atoms with Gasteiger partial charge in [-0.3, -0.25) is 4.79 Å². The van der Waals surface area contributed by atoms with Crippen molar-refractivity contribution in [3.63, 3.8) is 0 Å². The molecule has 2 aromatic carbocycles. The Morgan fingerprint density at radius 2 is 1.84 bits per heavy atom. The molecule has 0 bridgehead atoms. The summed E-state index contributed by atoms with van der Waals surface area (Å²) < 4.78 is 5.44. The first-order chi connectivity index (χ1) is 12.3. The molecule has 1 atom stereocenters. The van der Waals surface area contributed by atoms with Crippen molar-refractivity contribution in [3.05, 3.63) is 59.7 Å². The molecule has 1 saturated heterocycles. The summed E-state index contributed by atoms with van der Waals surface area (Å²) in [6, 6.07) is 16.3. The summed E-state index contributed by atoms with van der Waals surface area (Å²) in [5, 5.41) is 3.26. The fourth-order valence-corrected chi connectivity index (χ4v) is 4.60. The highest BCUT2D eigenvalue weighted by molar-refractivity contribution is 7.99. The number of hydrogen-bond acceptors (Lipinski definition) is 4. The lowest BCUT2D eigenvalue weighted by molar-refractivity contribution is 0.0933. The highest BCUT2D eigenvalue weighted by atomic mass is 32.2. The molecule has 0 aromatic heterocycles. The Balaban J connectivity index is 1.56. The van der Waals surface area contributed by atoms with Crippen LogP contribution in [-0.4, -0.2) is 38.0 Å². The van der Waals surface area contributed by atoms with E-state index in [4.69, 9.17) is 4.74 Å². The molecule has 4 nitrogen and oxygen atoms in total. The molecular weight excluding hydrogens is 332 g/mol. The van der Waals surface area contributed by atoms with Gasteiger partial charge in [0.25, 0.3) is 5.91 Å². The molecular formula is C20H22N2O2S. The first-order valence-electron chi connectivity index (χ1n) is 8.77. The Hall–Kier alpha value is -1.98. The van der Waals surface area contributed by atoms with Crippen molar-refractivity contribution >= 4 is 23.4 Å². The molecule has 1 N–H and O–H groups in total. The zero-order chi connectivity index (χ0) is 17.1. The monoisotopic (exact) mass is 354 g/mol. The average Bonchev–Trinajstić information content (AvgIpc) is 2.69. The van der Waals surface area contributed by atoms with E-state index in [0.717, 1.165) is 36.5 Å². The first-order valence-corrected chi connectivity index (χ1v) is 9.76. The Bertz CT molecular complexity index is 759. The van der Waals surface area contributed by atoms with Crippen LogP contribution in [0.5, 0.6) is 0 Å². The number of rotatable bonds is 3. The molecule has 4 rings (SSSR count). The third-order valence-corrected chi connectivity index (χ3v) is 5.89. The highest BCUT2D eigenvalue weighted by Gasteiger charge is 2.24. The van der Waals surface area contributed by atoms with Crippen LogP contribution in [0.3, 0.4) is 0 Å². The summed E-state index contributed by atoms with van der Waals surface area (Å²) in [7, 11) is 0. The van der Waals surface area contributed by atoms with Gasteiger partial charge in [0.05, 0.1) is 24.8 Å². The number of thioether (sulfide) groups is 1. The van der Waals surface area contributed by atoms with E-state index in [-0.39, 0.29) is 11.9 Å². The zero-order valence-electron chi connectivity index (χ0n) is 14.1. The number of para-hydroxylation sites is 1. The van der Waals surface area contributed by atoms with Crippen molar-refractivity contribution in [1.29, 1.82) is 0 Å². The van der Waals surface area contributed by atoms with Crippen LogP contribution in [0.15, 0.2) is 53.4 Å². The molecule has 2 aliphatic heterocycles. The Labute approximate surface area is 152 Å². The maximum absolute atomic E-state index is 13.0. The van der Waals surface area contributed by atoms with E-state index >= 15 is 0 Å². The first kappa shape index (κ1) is 16.5. The zero-order valence-corrected chi connectivity index (χ0v) is 14.9. The van der Waals surface area contributed by atoms with Gasteiger partial charge in [0.2, 0.25) is 0 Å². The number of nitrogens with one attached hydrogen (secondary N) is 1. The molecule has 0 aliphatic carbocycles. The van der Waals surface area contributed by atoms with E-state index in [2.05, 4.69) is 28.4 Å². The van der Waals surface area contributed by atoms with E-state index in [1.54, 1.807) is 0 Å². The van der Waals surface area contributed by atoms with Gasteiger partial charge in [0.1, 0.15) is 0 Å². The molecule has 2 aromatic rings. The third kappa shape index (κ3) is 3.53. The molecule has 0 unspecified atom stereocenters. The van der Waals surface area contributed by atoms with E-state index in [1.807, 2.05) is 42.1 Å². The second-order valence-electron chi connectivity index (χ2n) is 6.32. The van der Waals surface area contributed by atoms with Crippen molar-refractivity contribution < 1.29 is 9.53 Å². The number of carbonyl (C=O) groups is 1. The summed E-state index contributed by atoms with van der Waals surface area (Å²) >= 11 is 1.87. The predicted octanol–water partition coefficient (Wildman–Crippen LogP) is 3.49. The SMILES string of the molecule is O=C(N[C@H]1CCSc2ccccc21)c1ccccc1N1CCOCC1. The van der Waals surface area contributed by atoms with Gasteiger partial charge in [0, 0.05) is 29.4 Å². The molecule has 2 aliphatic rings. The maximum atomic E-state index is 13.0. The summed E-state index contributed by atoms with van der Waals surface area (Å²) in [5.74, 6) is 1.04. The quantitative estimate of drug-likeness (QED) is 0.916. The largest absolute Gasteiger partial charge is 0.378 e. The fourth-order valence-electron chi connectivity index (χ4n) is 3.47. The lowest BCUT2D eigenvalue weighted by Crippen LogP contribution is -2.38.